The van der Waals surface area contributed by atoms with Gasteiger partial charge >= 0.3 is 0 Å². The Morgan fingerprint density at radius 1 is 0.875 bits per heavy atom. The van der Waals surface area contributed by atoms with Crippen LogP contribution in [0, 0.1) is 35.5 Å². The zero-order chi connectivity index (χ0) is 10.4. The highest BCUT2D eigenvalue weighted by Crippen LogP contribution is 2.72. The number of azo groups is 1. The van der Waals surface area contributed by atoms with E-state index >= 15 is 0 Å². The molecule has 3 nitrogen and oxygen atoms in total. The van der Waals surface area contributed by atoms with Crippen molar-refractivity contribution in [1.82, 2.24) is 0 Å². The number of hydrogen-bond acceptors (Lipinski definition) is 3. The summed E-state index contributed by atoms with van der Waals surface area (Å²) in [4.78, 5) is 11.9. The molecule has 3 heteroatoms. The molecule has 8 atom stereocenters. The van der Waals surface area contributed by atoms with Crippen LogP contribution >= 0.6 is 0 Å². The van der Waals surface area contributed by atoms with Crippen LogP contribution < -0.4 is 0 Å². The summed E-state index contributed by atoms with van der Waals surface area (Å²) in [5, 5.41) is 8.92. The van der Waals surface area contributed by atoms with Gasteiger partial charge in [-0.15, -0.1) is 0 Å². The van der Waals surface area contributed by atoms with Gasteiger partial charge in [0.1, 0.15) is 5.78 Å². The van der Waals surface area contributed by atoms with Gasteiger partial charge < -0.3 is 0 Å². The van der Waals surface area contributed by atoms with Crippen LogP contribution in [-0.2, 0) is 4.79 Å². The Morgan fingerprint density at radius 3 is 2.25 bits per heavy atom. The summed E-state index contributed by atoms with van der Waals surface area (Å²) in [5.41, 5.74) is 0. The second kappa shape index (κ2) is 2.41. The van der Waals surface area contributed by atoms with Crippen molar-refractivity contribution in [2.24, 2.45) is 45.7 Å². The van der Waals surface area contributed by atoms with Crippen LogP contribution in [0.1, 0.15) is 25.7 Å². The maximum Gasteiger partial charge on any atom is 0.136 e. The molecule has 0 radical (unpaired) electrons. The number of rotatable bonds is 0. The van der Waals surface area contributed by atoms with Crippen molar-refractivity contribution in [3.8, 4) is 0 Å². The summed E-state index contributed by atoms with van der Waals surface area (Å²) in [7, 11) is 0. The van der Waals surface area contributed by atoms with E-state index in [4.69, 9.17) is 0 Å². The third-order valence-electron chi connectivity index (χ3n) is 6.25. The Bertz CT molecular complexity index is 418. The van der Waals surface area contributed by atoms with E-state index in [9.17, 15) is 4.79 Å². The predicted octanol–water partition coefficient (Wildman–Crippen LogP) is 2.07. The van der Waals surface area contributed by atoms with Crippen LogP contribution in [0.2, 0.25) is 0 Å². The largest absolute Gasteiger partial charge is 0.299 e. The molecule has 4 saturated carbocycles. The summed E-state index contributed by atoms with van der Waals surface area (Å²) in [6, 6.07) is 1.03. The molecule has 0 aromatic rings. The number of nitrogens with zero attached hydrogens (tertiary/aromatic N) is 2. The average Bonchev–Trinajstić information content (AvgIpc) is 2.58. The van der Waals surface area contributed by atoms with Gasteiger partial charge in [-0.05, 0) is 48.9 Å². The van der Waals surface area contributed by atoms with Gasteiger partial charge in [0.15, 0.2) is 0 Å². The Kier molecular flexibility index (Phi) is 1.26. The summed E-state index contributed by atoms with van der Waals surface area (Å²) < 4.78 is 0. The molecule has 0 spiro atoms. The molecule has 6 rings (SSSR count). The highest BCUT2D eigenvalue weighted by atomic mass is 16.1. The summed E-state index contributed by atoms with van der Waals surface area (Å²) in [6.45, 7) is 0. The number of Topliss-reactive ketones (excluding diaryl/α,β-unsaturated/α-hetero) is 1. The highest BCUT2D eigenvalue weighted by molar-refractivity contribution is 5.85. The van der Waals surface area contributed by atoms with E-state index in [-0.39, 0.29) is 0 Å². The highest BCUT2D eigenvalue weighted by Gasteiger charge is 2.73. The van der Waals surface area contributed by atoms with E-state index in [1.54, 1.807) is 0 Å². The predicted molar refractivity (Wildman–Crippen MR) is 56.8 cm³/mol. The van der Waals surface area contributed by atoms with Crippen molar-refractivity contribution in [2.45, 2.75) is 37.8 Å². The van der Waals surface area contributed by atoms with Gasteiger partial charge in [-0.3, -0.25) is 4.79 Å². The lowest BCUT2D eigenvalue weighted by molar-refractivity contribution is -0.223. The quantitative estimate of drug-likeness (QED) is 0.611. The molecule has 6 aliphatic rings. The van der Waals surface area contributed by atoms with Gasteiger partial charge in [0.05, 0.1) is 12.1 Å². The van der Waals surface area contributed by atoms with Crippen LogP contribution in [0.15, 0.2) is 10.2 Å². The molecule has 2 aliphatic heterocycles. The molecule has 0 N–H and O–H groups in total. The number of ketones is 1. The third kappa shape index (κ3) is 0.678. The van der Waals surface area contributed by atoms with Gasteiger partial charge in [-0.2, -0.15) is 10.2 Å². The zero-order valence-corrected chi connectivity index (χ0v) is 9.25. The summed E-state index contributed by atoms with van der Waals surface area (Å²) in [6.07, 6.45) is 4.56. The number of carbonyl (C=O) groups excluding carboxylic acids is 1. The maximum atomic E-state index is 11.9. The number of carbonyl (C=O) groups is 1. The molecule has 4 fully saturated rings. The van der Waals surface area contributed by atoms with Crippen LogP contribution in [0.5, 0.6) is 0 Å². The van der Waals surface area contributed by atoms with Gasteiger partial charge in [0, 0.05) is 12.3 Å². The van der Waals surface area contributed by atoms with E-state index in [0.29, 0.717) is 23.8 Å². The minimum absolute atomic E-state index is 0.459. The van der Waals surface area contributed by atoms with E-state index in [0.717, 1.165) is 36.0 Å². The lowest BCUT2D eigenvalue weighted by Gasteiger charge is -2.70. The van der Waals surface area contributed by atoms with Crippen LogP contribution in [0.4, 0.5) is 0 Å². The fourth-order valence-corrected chi connectivity index (χ4v) is 5.80. The first-order valence-electron chi connectivity index (χ1n) is 6.79. The minimum atomic E-state index is 0.459. The van der Waals surface area contributed by atoms with Crippen LogP contribution in [-0.4, -0.2) is 17.9 Å². The van der Waals surface area contributed by atoms with Crippen molar-refractivity contribution >= 4 is 5.78 Å². The van der Waals surface area contributed by atoms with E-state index in [1.165, 1.54) is 19.3 Å². The molecule has 16 heavy (non-hydrogen) atoms. The first-order chi connectivity index (χ1) is 7.86. The van der Waals surface area contributed by atoms with Gasteiger partial charge in [-0.25, -0.2) is 0 Å². The lowest BCUT2D eigenvalue weighted by atomic mass is 9.34. The van der Waals surface area contributed by atoms with Crippen molar-refractivity contribution in [1.29, 1.82) is 0 Å². The molecular weight excluding hydrogens is 200 g/mol. The summed E-state index contributed by atoms with van der Waals surface area (Å²) >= 11 is 0. The monoisotopic (exact) mass is 216 g/mol. The second-order valence-corrected chi connectivity index (χ2v) is 6.45. The Morgan fingerprint density at radius 2 is 1.56 bits per heavy atom. The average molecular weight is 216 g/mol. The first-order valence-corrected chi connectivity index (χ1v) is 6.79. The third-order valence-corrected chi connectivity index (χ3v) is 6.25. The fraction of sp³-hybridized carbons (Fsp3) is 0.923. The van der Waals surface area contributed by atoms with Gasteiger partial charge in [0.2, 0.25) is 0 Å². The molecule has 0 aromatic carbocycles. The summed E-state index contributed by atoms with van der Waals surface area (Å²) in [5.74, 6) is 4.97. The lowest BCUT2D eigenvalue weighted by Crippen LogP contribution is -2.71. The Hall–Kier alpha value is -0.730. The SMILES string of the molecule is O=C1CCC2C1C1C3C4CCC(N=N4)C3C21. The van der Waals surface area contributed by atoms with Crippen LogP contribution in [0.25, 0.3) is 0 Å². The molecule has 2 bridgehead atoms. The standard InChI is InChI=1S/C13H16N2O/c16-8-4-1-5-9(8)13-10(5)11-6-2-3-7(12(11)13)15-14-6/h5-7,9-13H,1-4H2. The van der Waals surface area contributed by atoms with E-state index in [1.807, 2.05) is 0 Å². The normalized spacial score (nSPS) is 64.4. The first kappa shape index (κ1) is 8.37. The number of hydrogen-bond donors (Lipinski definition) is 0. The van der Waals surface area contributed by atoms with Crippen molar-refractivity contribution < 1.29 is 4.79 Å². The zero-order valence-electron chi connectivity index (χ0n) is 9.25. The Labute approximate surface area is 94.7 Å². The Balaban J connectivity index is 1.55. The van der Waals surface area contributed by atoms with E-state index < -0.39 is 0 Å². The molecular formula is C13H16N2O. The molecule has 0 amide bonds. The molecule has 8 unspecified atom stereocenters. The fourth-order valence-electron chi connectivity index (χ4n) is 5.80. The molecule has 2 heterocycles. The van der Waals surface area contributed by atoms with Gasteiger partial charge in [-0.1, -0.05) is 0 Å². The maximum absolute atomic E-state index is 11.9. The van der Waals surface area contributed by atoms with E-state index in [2.05, 4.69) is 10.2 Å². The molecule has 84 valence electrons. The molecule has 0 aromatic heterocycles. The minimum Gasteiger partial charge on any atom is -0.299 e. The van der Waals surface area contributed by atoms with Crippen molar-refractivity contribution in [3.63, 3.8) is 0 Å². The smallest absolute Gasteiger partial charge is 0.136 e. The molecule has 4 aliphatic carbocycles. The van der Waals surface area contributed by atoms with Gasteiger partial charge in [0.25, 0.3) is 0 Å². The van der Waals surface area contributed by atoms with Crippen molar-refractivity contribution in [3.05, 3.63) is 0 Å². The molecule has 0 saturated heterocycles. The van der Waals surface area contributed by atoms with Crippen LogP contribution in [0.3, 0.4) is 0 Å². The number of fused-ring (bicyclic) bond motifs is 5. The van der Waals surface area contributed by atoms with Crippen molar-refractivity contribution in [2.75, 3.05) is 0 Å². The topological polar surface area (TPSA) is 41.8 Å². The second-order valence-electron chi connectivity index (χ2n) is 6.45.